The smallest absolute Gasteiger partial charge is 0.341 e. The molecule has 0 aromatic heterocycles. The van der Waals surface area contributed by atoms with E-state index >= 15 is 0 Å². The highest BCUT2D eigenvalue weighted by molar-refractivity contribution is 5.97. The van der Waals surface area contributed by atoms with Crippen molar-refractivity contribution in [3.05, 3.63) is 59.7 Å². The average Bonchev–Trinajstić information content (AvgIpc) is 3.29. The maximum Gasteiger partial charge on any atom is 0.341 e. The number of carbonyl (C=O) groups excluding carboxylic acids is 4. The zero-order valence-corrected chi connectivity index (χ0v) is 21.4. The number of carbonyl (C=O) groups is 4. The van der Waals surface area contributed by atoms with Crippen molar-refractivity contribution < 1.29 is 33.8 Å². The molecule has 3 amide bonds. The number of anilines is 1. The number of nitrogens with one attached hydrogen (secondary N) is 2. The second-order valence-electron chi connectivity index (χ2n) is 9.61. The Morgan fingerprint density at radius 1 is 1.05 bits per heavy atom. The first-order valence-electron chi connectivity index (χ1n) is 12.1. The molecule has 2 unspecified atom stereocenters. The fraction of sp³-hybridized carbons (Fsp3) is 0.407. The predicted molar refractivity (Wildman–Crippen MR) is 136 cm³/mol. The van der Waals surface area contributed by atoms with E-state index in [9.17, 15) is 24.3 Å². The average molecular weight is 512 g/mol. The maximum absolute atomic E-state index is 13.3. The molecule has 1 aliphatic heterocycles. The molecular weight excluding hydrogens is 478 g/mol. The first-order valence-corrected chi connectivity index (χ1v) is 12.1. The fourth-order valence-electron chi connectivity index (χ4n) is 4.17. The summed E-state index contributed by atoms with van der Waals surface area (Å²) in [4.78, 5) is 52.2. The monoisotopic (exact) mass is 511 g/mol. The van der Waals surface area contributed by atoms with Gasteiger partial charge in [-0.25, -0.2) is 14.4 Å². The highest BCUT2D eigenvalue weighted by Gasteiger charge is 2.43. The van der Waals surface area contributed by atoms with Crippen molar-refractivity contribution in [2.75, 3.05) is 18.5 Å². The molecule has 1 saturated heterocycles. The standard InChI is InChI=1S/C27H33N3O7/c1-5-36-24(33)19-15-18(11-14-22(19)31)29-26(35)28-16-23(32)30-20(17-9-7-6-8-10-17)12-13-21(30)25(34)37-27(2,3)4/h6-11,14-15,20-21,31H,5,12-13,16H2,1-4H3,(H2,28,29,35). The molecule has 1 aliphatic rings. The van der Waals surface area contributed by atoms with E-state index in [1.807, 2.05) is 30.3 Å². The number of rotatable bonds is 7. The number of ether oxygens (including phenoxy) is 2. The van der Waals surface area contributed by atoms with Crippen molar-refractivity contribution in [2.45, 2.75) is 58.2 Å². The largest absolute Gasteiger partial charge is 0.507 e. The SMILES string of the molecule is CCOC(=O)c1cc(NC(=O)NCC(=O)N2C(C(=O)OC(C)(C)C)CCC2c2ccccc2)ccc1O. The summed E-state index contributed by atoms with van der Waals surface area (Å²) < 4.78 is 10.5. The van der Waals surface area contributed by atoms with Crippen LogP contribution in [0.2, 0.25) is 0 Å². The number of hydrogen-bond donors (Lipinski definition) is 3. The lowest BCUT2D eigenvalue weighted by molar-refractivity contribution is -0.164. The Labute approximate surface area is 215 Å². The van der Waals surface area contributed by atoms with Crippen molar-refractivity contribution in [2.24, 2.45) is 0 Å². The van der Waals surface area contributed by atoms with Crippen LogP contribution in [0.25, 0.3) is 0 Å². The van der Waals surface area contributed by atoms with Crippen LogP contribution in [0.3, 0.4) is 0 Å². The van der Waals surface area contributed by atoms with Gasteiger partial charge in [-0.05, 0) is 64.3 Å². The number of phenolic OH excluding ortho intramolecular Hbond substituents is 1. The Kier molecular flexibility index (Phi) is 8.75. The van der Waals surface area contributed by atoms with E-state index in [1.54, 1.807) is 27.7 Å². The van der Waals surface area contributed by atoms with E-state index in [-0.39, 0.29) is 36.2 Å². The number of benzene rings is 2. The van der Waals surface area contributed by atoms with E-state index in [0.29, 0.717) is 12.8 Å². The van der Waals surface area contributed by atoms with Crippen LogP contribution in [-0.4, -0.2) is 58.7 Å². The lowest BCUT2D eigenvalue weighted by Crippen LogP contribution is -2.48. The van der Waals surface area contributed by atoms with E-state index < -0.39 is 35.5 Å². The van der Waals surface area contributed by atoms with Crippen molar-refractivity contribution >= 4 is 29.6 Å². The van der Waals surface area contributed by atoms with Gasteiger partial charge >= 0.3 is 18.0 Å². The number of likely N-dealkylation sites (tertiary alicyclic amines) is 1. The van der Waals surface area contributed by atoms with Crippen molar-refractivity contribution in [1.82, 2.24) is 10.2 Å². The summed E-state index contributed by atoms with van der Waals surface area (Å²) >= 11 is 0. The molecule has 0 saturated carbocycles. The molecule has 3 N–H and O–H groups in total. The van der Waals surface area contributed by atoms with Gasteiger partial charge in [0.15, 0.2) is 0 Å². The molecule has 3 rings (SSSR count). The summed E-state index contributed by atoms with van der Waals surface area (Å²) in [5.41, 5.74) is 0.308. The fourth-order valence-corrected chi connectivity index (χ4v) is 4.17. The van der Waals surface area contributed by atoms with Gasteiger partial charge in [0.05, 0.1) is 19.2 Å². The van der Waals surface area contributed by atoms with Gasteiger partial charge in [0.1, 0.15) is 23.0 Å². The van der Waals surface area contributed by atoms with E-state index in [0.717, 1.165) is 5.56 Å². The topological polar surface area (TPSA) is 134 Å². The minimum absolute atomic E-state index is 0.0984. The van der Waals surface area contributed by atoms with Crippen LogP contribution in [0.15, 0.2) is 48.5 Å². The van der Waals surface area contributed by atoms with Crippen LogP contribution in [0.4, 0.5) is 10.5 Å². The number of urea groups is 1. The molecule has 198 valence electrons. The number of nitrogens with zero attached hydrogens (tertiary/aromatic N) is 1. The second kappa shape index (κ2) is 11.8. The molecule has 2 aromatic carbocycles. The van der Waals surface area contributed by atoms with Crippen LogP contribution < -0.4 is 10.6 Å². The highest BCUT2D eigenvalue weighted by Crippen LogP contribution is 2.37. The van der Waals surface area contributed by atoms with Crippen molar-refractivity contribution in [1.29, 1.82) is 0 Å². The molecule has 10 nitrogen and oxygen atoms in total. The summed E-state index contributed by atoms with van der Waals surface area (Å²) in [6.45, 7) is 6.70. The Bertz CT molecular complexity index is 1140. The Morgan fingerprint density at radius 2 is 1.76 bits per heavy atom. The number of phenols is 1. The molecule has 10 heteroatoms. The van der Waals surface area contributed by atoms with Crippen molar-refractivity contribution in [3.8, 4) is 5.75 Å². The predicted octanol–water partition coefficient (Wildman–Crippen LogP) is 3.76. The molecule has 2 aromatic rings. The minimum atomic E-state index is -0.772. The van der Waals surface area contributed by atoms with Gasteiger partial charge in [-0.2, -0.15) is 0 Å². The van der Waals surface area contributed by atoms with Gasteiger partial charge in [0.2, 0.25) is 5.91 Å². The van der Waals surface area contributed by atoms with Gasteiger partial charge in [0.25, 0.3) is 0 Å². The summed E-state index contributed by atoms with van der Waals surface area (Å²) in [7, 11) is 0. The molecule has 0 aliphatic carbocycles. The first-order chi connectivity index (χ1) is 17.5. The Morgan fingerprint density at radius 3 is 2.41 bits per heavy atom. The number of aromatic hydroxyl groups is 1. The lowest BCUT2D eigenvalue weighted by Gasteiger charge is -2.31. The van der Waals surface area contributed by atoms with Crippen LogP contribution in [-0.2, 0) is 19.1 Å². The molecule has 1 fully saturated rings. The molecule has 0 bridgehead atoms. The van der Waals surface area contributed by atoms with Gasteiger partial charge in [-0.15, -0.1) is 0 Å². The van der Waals surface area contributed by atoms with Gasteiger partial charge in [-0.1, -0.05) is 30.3 Å². The zero-order chi connectivity index (χ0) is 27.2. The third kappa shape index (κ3) is 7.22. The number of amides is 3. The van der Waals surface area contributed by atoms with Crippen LogP contribution in [0, 0.1) is 0 Å². The quantitative estimate of drug-likeness (QED) is 0.381. The molecule has 2 atom stereocenters. The highest BCUT2D eigenvalue weighted by atomic mass is 16.6. The Hall–Kier alpha value is -4.08. The maximum atomic E-state index is 13.3. The summed E-state index contributed by atoms with van der Waals surface area (Å²) in [5, 5.41) is 14.9. The third-order valence-corrected chi connectivity index (χ3v) is 5.69. The van der Waals surface area contributed by atoms with E-state index in [1.165, 1.54) is 23.1 Å². The second-order valence-corrected chi connectivity index (χ2v) is 9.61. The Balaban J connectivity index is 1.70. The normalized spacial score (nSPS) is 17.1. The van der Waals surface area contributed by atoms with Gasteiger partial charge in [-0.3, -0.25) is 4.79 Å². The van der Waals surface area contributed by atoms with E-state index in [2.05, 4.69) is 10.6 Å². The molecular formula is C27H33N3O7. The summed E-state index contributed by atoms with van der Waals surface area (Å²) in [6.07, 6.45) is 1.02. The number of hydrogen-bond acceptors (Lipinski definition) is 7. The van der Waals surface area contributed by atoms with Gasteiger partial charge in [0, 0.05) is 5.69 Å². The van der Waals surface area contributed by atoms with Crippen LogP contribution in [0.5, 0.6) is 5.75 Å². The molecule has 37 heavy (non-hydrogen) atoms. The molecule has 1 heterocycles. The van der Waals surface area contributed by atoms with Crippen LogP contribution in [0.1, 0.15) is 62.5 Å². The zero-order valence-electron chi connectivity index (χ0n) is 21.4. The van der Waals surface area contributed by atoms with E-state index in [4.69, 9.17) is 9.47 Å². The minimum Gasteiger partial charge on any atom is -0.507 e. The molecule has 0 spiro atoms. The number of esters is 2. The summed E-state index contributed by atoms with van der Waals surface area (Å²) in [6, 6.07) is 11.5. The third-order valence-electron chi connectivity index (χ3n) is 5.69. The van der Waals surface area contributed by atoms with Gasteiger partial charge < -0.3 is 30.1 Å². The molecule has 0 radical (unpaired) electrons. The summed E-state index contributed by atoms with van der Waals surface area (Å²) in [5.74, 6) is -1.93. The first kappa shape index (κ1) is 27.5. The van der Waals surface area contributed by atoms with Crippen molar-refractivity contribution in [3.63, 3.8) is 0 Å². The van der Waals surface area contributed by atoms with Crippen LogP contribution >= 0.6 is 0 Å². The lowest BCUT2D eigenvalue weighted by atomic mass is 10.0.